The molecule has 1 fully saturated rings. The van der Waals surface area contributed by atoms with Crippen molar-refractivity contribution in [3.63, 3.8) is 0 Å². The number of aryl methyl sites for hydroxylation is 1. The first-order valence-electron chi connectivity index (χ1n) is 5.82. The van der Waals surface area contributed by atoms with Crippen molar-refractivity contribution >= 4 is 11.5 Å². The Bertz CT molecular complexity index is 359. The summed E-state index contributed by atoms with van der Waals surface area (Å²) in [5.41, 5.74) is 7.66. The number of pyridine rings is 1. The van der Waals surface area contributed by atoms with Crippen LogP contribution in [-0.4, -0.2) is 22.2 Å². The van der Waals surface area contributed by atoms with Gasteiger partial charge in [-0.15, -0.1) is 0 Å². The third-order valence-electron chi connectivity index (χ3n) is 3.09. The van der Waals surface area contributed by atoms with E-state index >= 15 is 0 Å². The summed E-state index contributed by atoms with van der Waals surface area (Å²) in [7, 11) is 0. The summed E-state index contributed by atoms with van der Waals surface area (Å²) in [4.78, 5) is 4.29. The SMILES string of the molecule is Cc1cnc(NC2CCC(O)CC2)c(N)c1. The number of rotatable bonds is 2. The fourth-order valence-electron chi connectivity index (χ4n) is 2.13. The molecule has 1 saturated carbocycles. The zero-order valence-electron chi connectivity index (χ0n) is 9.61. The van der Waals surface area contributed by atoms with Crippen molar-refractivity contribution in [1.82, 2.24) is 4.98 Å². The first-order valence-corrected chi connectivity index (χ1v) is 5.82. The zero-order chi connectivity index (χ0) is 11.5. The molecule has 1 aromatic rings. The van der Waals surface area contributed by atoms with Gasteiger partial charge < -0.3 is 16.2 Å². The number of aliphatic hydroxyl groups is 1. The Morgan fingerprint density at radius 1 is 1.38 bits per heavy atom. The van der Waals surface area contributed by atoms with Crippen LogP contribution in [0, 0.1) is 6.92 Å². The topological polar surface area (TPSA) is 71.2 Å². The molecule has 4 N–H and O–H groups in total. The molecule has 16 heavy (non-hydrogen) atoms. The van der Waals surface area contributed by atoms with Gasteiger partial charge in [0.1, 0.15) is 5.82 Å². The predicted octanol–water partition coefficient (Wildman–Crippen LogP) is 1.69. The molecule has 1 aromatic heterocycles. The van der Waals surface area contributed by atoms with Crippen molar-refractivity contribution in [2.75, 3.05) is 11.1 Å². The van der Waals surface area contributed by atoms with Crippen molar-refractivity contribution in [1.29, 1.82) is 0 Å². The smallest absolute Gasteiger partial charge is 0.149 e. The van der Waals surface area contributed by atoms with E-state index in [0.717, 1.165) is 37.1 Å². The van der Waals surface area contributed by atoms with Crippen molar-refractivity contribution < 1.29 is 5.11 Å². The lowest BCUT2D eigenvalue weighted by atomic mass is 9.93. The molecule has 1 heterocycles. The number of nitrogens with two attached hydrogens (primary N) is 1. The van der Waals surface area contributed by atoms with Crippen LogP contribution < -0.4 is 11.1 Å². The quantitative estimate of drug-likeness (QED) is 0.710. The number of hydrogen-bond donors (Lipinski definition) is 3. The number of nitrogens with zero attached hydrogens (tertiary/aromatic N) is 1. The van der Waals surface area contributed by atoms with Crippen molar-refractivity contribution in [2.45, 2.75) is 44.8 Å². The summed E-state index contributed by atoms with van der Waals surface area (Å²) < 4.78 is 0. The second-order valence-corrected chi connectivity index (χ2v) is 4.60. The molecule has 0 unspecified atom stereocenters. The number of aromatic nitrogens is 1. The Hall–Kier alpha value is -1.29. The van der Waals surface area contributed by atoms with E-state index in [1.165, 1.54) is 0 Å². The first-order chi connectivity index (χ1) is 7.65. The van der Waals surface area contributed by atoms with Gasteiger partial charge in [0.05, 0.1) is 11.8 Å². The second kappa shape index (κ2) is 4.70. The molecule has 0 radical (unpaired) electrons. The minimum Gasteiger partial charge on any atom is -0.396 e. The molecule has 0 aromatic carbocycles. The van der Waals surface area contributed by atoms with Gasteiger partial charge in [-0.25, -0.2) is 4.98 Å². The molecule has 0 saturated heterocycles. The summed E-state index contributed by atoms with van der Waals surface area (Å²) >= 11 is 0. The number of nitrogens with one attached hydrogen (secondary N) is 1. The normalized spacial score (nSPS) is 25.4. The minimum absolute atomic E-state index is 0.124. The minimum atomic E-state index is -0.124. The Morgan fingerprint density at radius 2 is 2.06 bits per heavy atom. The Kier molecular flexibility index (Phi) is 3.29. The van der Waals surface area contributed by atoms with Gasteiger partial charge in [0.2, 0.25) is 0 Å². The number of anilines is 2. The molecule has 0 bridgehead atoms. The summed E-state index contributed by atoms with van der Waals surface area (Å²) in [6.07, 6.45) is 5.39. The van der Waals surface area contributed by atoms with Gasteiger partial charge in [-0.3, -0.25) is 0 Å². The van der Waals surface area contributed by atoms with Gasteiger partial charge in [-0.1, -0.05) is 0 Å². The van der Waals surface area contributed by atoms with Crippen molar-refractivity contribution in [3.8, 4) is 0 Å². The Balaban J connectivity index is 1.98. The third-order valence-corrected chi connectivity index (χ3v) is 3.09. The van der Waals surface area contributed by atoms with Gasteiger partial charge >= 0.3 is 0 Å². The molecule has 1 aliphatic rings. The molecule has 4 heteroatoms. The second-order valence-electron chi connectivity index (χ2n) is 4.60. The van der Waals surface area contributed by atoms with E-state index in [1.54, 1.807) is 0 Å². The lowest BCUT2D eigenvalue weighted by molar-refractivity contribution is 0.126. The Labute approximate surface area is 95.9 Å². The lowest BCUT2D eigenvalue weighted by Gasteiger charge is -2.27. The van der Waals surface area contributed by atoms with Gasteiger partial charge in [0.25, 0.3) is 0 Å². The molecule has 88 valence electrons. The van der Waals surface area contributed by atoms with Crippen LogP contribution in [0.1, 0.15) is 31.2 Å². The summed E-state index contributed by atoms with van der Waals surface area (Å²) in [6, 6.07) is 2.31. The van der Waals surface area contributed by atoms with Crippen LogP contribution >= 0.6 is 0 Å². The van der Waals surface area contributed by atoms with E-state index in [4.69, 9.17) is 5.73 Å². The molecule has 0 aliphatic heterocycles. The maximum Gasteiger partial charge on any atom is 0.149 e. The standard InChI is InChI=1S/C12H19N3O/c1-8-6-11(13)12(14-7-8)15-9-2-4-10(16)5-3-9/h6-7,9-10,16H,2-5,13H2,1H3,(H,14,15). The van der Waals surface area contributed by atoms with Crippen LogP contribution in [0.3, 0.4) is 0 Å². The summed E-state index contributed by atoms with van der Waals surface area (Å²) in [5.74, 6) is 0.770. The molecule has 4 nitrogen and oxygen atoms in total. The highest BCUT2D eigenvalue weighted by Gasteiger charge is 2.19. The Morgan fingerprint density at radius 3 is 2.69 bits per heavy atom. The fourth-order valence-corrected chi connectivity index (χ4v) is 2.13. The summed E-state index contributed by atoms with van der Waals surface area (Å²) in [5, 5.41) is 12.8. The maximum atomic E-state index is 9.42. The fraction of sp³-hybridized carbons (Fsp3) is 0.583. The average Bonchev–Trinajstić information content (AvgIpc) is 2.25. The van der Waals surface area contributed by atoms with Crippen LogP contribution in [0.25, 0.3) is 0 Å². The largest absolute Gasteiger partial charge is 0.396 e. The zero-order valence-corrected chi connectivity index (χ0v) is 9.61. The molecular weight excluding hydrogens is 202 g/mol. The van der Waals surface area contributed by atoms with E-state index in [0.29, 0.717) is 11.7 Å². The third kappa shape index (κ3) is 2.64. The molecular formula is C12H19N3O. The average molecular weight is 221 g/mol. The lowest BCUT2D eigenvalue weighted by Crippen LogP contribution is -2.28. The molecule has 0 amide bonds. The highest BCUT2D eigenvalue weighted by Crippen LogP contribution is 2.24. The number of aliphatic hydroxyl groups excluding tert-OH is 1. The van der Waals surface area contributed by atoms with Crippen LogP contribution in [0.5, 0.6) is 0 Å². The molecule has 2 rings (SSSR count). The monoisotopic (exact) mass is 221 g/mol. The highest BCUT2D eigenvalue weighted by molar-refractivity contribution is 5.62. The van der Waals surface area contributed by atoms with Gasteiger partial charge in [-0.2, -0.15) is 0 Å². The van der Waals surface area contributed by atoms with E-state index in [9.17, 15) is 5.11 Å². The van der Waals surface area contributed by atoms with Gasteiger partial charge in [-0.05, 0) is 44.2 Å². The maximum absolute atomic E-state index is 9.42. The van der Waals surface area contributed by atoms with E-state index in [1.807, 2.05) is 19.2 Å². The van der Waals surface area contributed by atoms with Crippen LogP contribution in [0.15, 0.2) is 12.3 Å². The predicted molar refractivity (Wildman–Crippen MR) is 65.3 cm³/mol. The van der Waals surface area contributed by atoms with Crippen LogP contribution in [0.4, 0.5) is 11.5 Å². The first kappa shape index (κ1) is 11.2. The number of nitrogen functional groups attached to an aromatic ring is 1. The van der Waals surface area contributed by atoms with E-state index in [-0.39, 0.29) is 6.10 Å². The van der Waals surface area contributed by atoms with Crippen LogP contribution in [0.2, 0.25) is 0 Å². The van der Waals surface area contributed by atoms with Crippen molar-refractivity contribution in [2.24, 2.45) is 0 Å². The van der Waals surface area contributed by atoms with E-state index < -0.39 is 0 Å². The molecule has 0 spiro atoms. The van der Waals surface area contributed by atoms with E-state index in [2.05, 4.69) is 10.3 Å². The van der Waals surface area contributed by atoms with Gasteiger partial charge in [0.15, 0.2) is 0 Å². The van der Waals surface area contributed by atoms with Crippen molar-refractivity contribution in [3.05, 3.63) is 17.8 Å². The number of hydrogen-bond acceptors (Lipinski definition) is 4. The highest BCUT2D eigenvalue weighted by atomic mass is 16.3. The van der Waals surface area contributed by atoms with Gasteiger partial charge in [0, 0.05) is 12.2 Å². The van der Waals surface area contributed by atoms with Crippen LogP contribution in [-0.2, 0) is 0 Å². The molecule has 1 aliphatic carbocycles. The summed E-state index contributed by atoms with van der Waals surface area (Å²) in [6.45, 7) is 1.98. The molecule has 0 atom stereocenters.